The third-order valence-corrected chi connectivity index (χ3v) is 8.11. The summed E-state index contributed by atoms with van der Waals surface area (Å²) in [5.74, 6) is 0.577. The molecule has 0 radical (unpaired) electrons. The second kappa shape index (κ2) is 9.40. The number of nitrogens with zero attached hydrogens (tertiary/aromatic N) is 1. The number of likely N-dealkylation sites (N-methyl/N-ethyl adjacent to an activating group) is 1. The molecule has 6 heteroatoms. The number of quaternary nitrogens is 1. The Morgan fingerprint density at radius 1 is 0.967 bits per heavy atom. The summed E-state index contributed by atoms with van der Waals surface area (Å²) in [6.45, 7) is 7.40. The van der Waals surface area contributed by atoms with Gasteiger partial charge in [-0.05, 0) is 55.5 Å². The molecule has 1 saturated heterocycles. The van der Waals surface area contributed by atoms with Gasteiger partial charge in [0.2, 0.25) is 0 Å². The molecule has 4 rings (SSSR count). The van der Waals surface area contributed by atoms with E-state index in [0.717, 1.165) is 38.4 Å². The van der Waals surface area contributed by atoms with E-state index in [0.29, 0.717) is 16.5 Å². The van der Waals surface area contributed by atoms with Gasteiger partial charge in [-0.3, -0.25) is 4.72 Å². The maximum atomic E-state index is 13.1. The van der Waals surface area contributed by atoms with Gasteiger partial charge in [-0.1, -0.05) is 43.5 Å². The highest BCUT2D eigenvalue weighted by Gasteiger charge is 2.23. The predicted octanol–water partition coefficient (Wildman–Crippen LogP) is 3.26. The number of piperazine rings is 1. The van der Waals surface area contributed by atoms with Crippen molar-refractivity contribution in [3.8, 4) is 0 Å². The third-order valence-electron chi connectivity index (χ3n) is 6.73. The van der Waals surface area contributed by atoms with E-state index >= 15 is 0 Å². The molecule has 2 aromatic carbocycles. The Kier molecular flexibility index (Phi) is 6.64. The van der Waals surface area contributed by atoms with Crippen LogP contribution in [-0.2, 0) is 10.0 Å². The van der Waals surface area contributed by atoms with Gasteiger partial charge in [0.25, 0.3) is 10.0 Å². The fraction of sp³-hybridized carbons (Fsp3) is 0.500. The standard InChI is InChI=1S/C24H33N3O2S/c1-2-26-16-18-27(19-17-26)24-11-7-6-10-23(24)25-30(28,29)22-14-12-21(13-15-22)20-8-4-3-5-9-20/h6-7,10-15,20,25H,2-5,8-9,16-19H2,1H3/p+1. The van der Waals surface area contributed by atoms with E-state index in [1.807, 2.05) is 36.4 Å². The molecule has 0 spiro atoms. The van der Waals surface area contributed by atoms with Gasteiger partial charge in [0, 0.05) is 0 Å². The molecule has 30 heavy (non-hydrogen) atoms. The van der Waals surface area contributed by atoms with Gasteiger partial charge in [-0.2, -0.15) is 0 Å². The SMILES string of the molecule is CC[NH+]1CCN(c2ccccc2NS(=O)(=O)c2ccc(C3CCCCC3)cc2)CC1. The van der Waals surface area contributed by atoms with E-state index in [1.165, 1.54) is 37.7 Å². The van der Waals surface area contributed by atoms with Crippen LogP contribution in [0.3, 0.4) is 0 Å². The molecule has 0 amide bonds. The summed E-state index contributed by atoms with van der Waals surface area (Å²) in [6, 6.07) is 15.3. The van der Waals surface area contributed by atoms with Crippen molar-refractivity contribution < 1.29 is 13.3 Å². The number of rotatable bonds is 6. The predicted molar refractivity (Wildman–Crippen MR) is 123 cm³/mol. The zero-order chi connectivity index (χ0) is 21.0. The van der Waals surface area contributed by atoms with Crippen LogP contribution in [0, 0.1) is 0 Å². The van der Waals surface area contributed by atoms with Crippen molar-refractivity contribution >= 4 is 21.4 Å². The Bertz CT molecular complexity index is 929. The second-order valence-corrected chi connectivity index (χ2v) is 10.3. The summed E-state index contributed by atoms with van der Waals surface area (Å²) < 4.78 is 29.0. The van der Waals surface area contributed by atoms with Crippen molar-refractivity contribution in [3.63, 3.8) is 0 Å². The molecule has 1 saturated carbocycles. The smallest absolute Gasteiger partial charge is 0.261 e. The van der Waals surface area contributed by atoms with Gasteiger partial charge in [-0.15, -0.1) is 0 Å². The van der Waals surface area contributed by atoms with E-state index < -0.39 is 10.0 Å². The van der Waals surface area contributed by atoms with E-state index in [9.17, 15) is 8.42 Å². The molecule has 0 atom stereocenters. The van der Waals surface area contributed by atoms with Gasteiger partial charge in [-0.25, -0.2) is 8.42 Å². The summed E-state index contributed by atoms with van der Waals surface area (Å²) >= 11 is 0. The molecule has 162 valence electrons. The number of para-hydroxylation sites is 2. The molecule has 2 N–H and O–H groups in total. The molecule has 2 fully saturated rings. The molecule has 0 unspecified atom stereocenters. The molecule has 2 aliphatic rings. The summed E-state index contributed by atoms with van der Waals surface area (Å²) in [5.41, 5.74) is 2.90. The van der Waals surface area contributed by atoms with Gasteiger partial charge in [0.1, 0.15) is 0 Å². The lowest BCUT2D eigenvalue weighted by Crippen LogP contribution is -3.14. The quantitative estimate of drug-likeness (QED) is 0.743. The Hall–Kier alpha value is -2.05. The van der Waals surface area contributed by atoms with Crippen LogP contribution in [0.5, 0.6) is 0 Å². The zero-order valence-corrected chi connectivity index (χ0v) is 18.8. The largest absolute Gasteiger partial charge is 0.359 e. The van der Waals surface area contributed by atoms with Crippen molar-refractivity contribution in [1.82, 2.24) is 0 Å². The monoisotopic (exact) mass is 428 g/mol. The van der Waals surface area contributed by atoms with Gasteiger partial charge >= 0.3 is 0 Å². The number of hydrogen-bond acceptors (Lipinski definition) is 3. The lowest BCUT2D eigenvalue weighted by Gasteiger charge is -2.34. The van der Waals surface area contributed by atoms with Gasteiger partial charge in [0.05, 0.1) is 49.0 Å². The number of hydrogen-bond donors (Lipinski definition) is 2. The second-order valence-electron chi connectivity index (χ2n) is 8.62. The fourth-order valence-electron chi connectivity index (χ4n) is 4.81. The van der Waals surface area contributed by atoms with E-state index in [1.54, 1.807) is 17.0 Å². The summed E-state index contributed by atoms with van der Waals surface area (Å²) in [4.78, 5) is 4.22. The molecule has 0 bridgehead atoms. The minimum absolute atomic E-state index is 0.331. The number of benzene rings is 2. The average Bonchev–Trinajstić information content (AvgIpc) is 2.80. The first-order valence-corrected chi connectivity index (χ1v) is 12.9. The first-order valence-electron chi connectivity index (χ1n) is 11.4. The van der Waals surface area contributed by atoms with Crippen molar-refractivity contribution in [2.24, 2.45) is 0 Å². The Balaban J connectivity index is 1.50. The number of nitrogens with one attached hydrogen (secondary N) is 2. The van der Waals surface area contributed by atoms with Crippen molar-refractivity contribution in [1.29, 1.82) is 0 Å². The summed E-state index contributed by atoms with van der Waals surface area (Å²) in [5, 5.41) is 0. The van der Waals surface area contributed by atoms with E-state index in [4.69, 9.17) is 0 Å². The average molecular weight is 429 g/mol. The van der Waals surface area contributed by atoms with Crippen LogP contribution in [0.2, 0.25) is 0 Å². The van der Waals surface area contributed by atoms with E-state index in [2.05, 4.69) is 16.5 Å². The molecule has 1 heterocycles. The molecule has 5 nitrogen and oxygen atoms in total. The van der Waals surface area contributed by atoms with Crippen LogP contribution in [0.1, 0.15) is 50.5 Å². The normalized spacial score (nSPS) is 19.0. The van der Waals surface area contributed by atoms with Crippen LogP contribution in [0.25, 0.3) is 0 Å². The van der Waals surface area contributed by atoms with Gasteiger partial charge in [0.15, 0.2) is 0 Å². The van der Waals surface area contributed by atoms with Crippen LogP contribution in [0.15, 0.2) is 53.4 Å². The first kappa shape index (κ1) is 21.2. The van der Waals surface area contributed by atoms with Crippen LogP contribution >= 0.6 is 0 Å². The zero-order valence-electron chi connectivity index (χ0n) is 17.9. The first-order chi connectivity index (χ1) is 14.6. The molecular weight excluding hydrogens is 394 g/mol. The maximum absolute atomic E-state index is 13.1. The van der Waals surface area contributed by atoms with Crippen molar-refractivity contribution in [2.45, 2.75) is 49.8 Å². The molecule has 1 aliphatic carbocycles. The lowest BCUT2D eigenvalue weighted by atomic mass is 9.84. The number of sulfonamides is 1. The van der Waals surface area contributed by atoms with Crippen LogP contribution in [-0.4, -0.2) is 41.1 Å². The topological polar surface area (TPSA) is 53.9 Å². The molecule has 2 aromatic rings. The Morgan fingerprint density at radius 3 is 2.30 bits per heavy atom. The molecular formula is C24H34N3O2S+. The van der Waals surface area contributed by atoms with Crippen LogP contribution in [0.4, 0.5) is 11.4 Å². The van der Waals surface area contributed by atoms with Crippen molar-refractivity contribution in [3.05, 3.63) is 54.1 Å². The summed E-state index contributed by atoms with van der Waals surface area (Å²) in [7, 11) is -3.62. The maximum Gasteiger partial charge on any atom is 0.261 e. The third kappa shape index (κ3) is 4.81. The highest BCUT2D eigenvalue weighted by molar-refractivity contribution is 7.92. The fourth-order valence-corrected chi connectivity index (χ4v) is 5.89. The summed E-state index contributed by atoms with van der Waals surface area (Å²) in [6.07, 6.45) is 6.30. The minimum atomic E-state index is -3.62. The lowest BCUT2D eigenvalue weighted by molar-refractivity contribution is -0.898. The Labute approximate surface area is 181 Å². The van der Waals surface area contributed by atoms with Gasteiger partial charge < -0.3 is 9.80 Å². The van der Waals surface area contributed by atoms with Crippen LogP contribution < -0.4 is 14.5 Å². The highest BCUT2D eigenvalue weighted by Crippen LogP contribution is 2.33. The van der Waals surface area contributed by atoms with Crippen molar-refractivity contribution in [2.75, 3.05) is 42.3 Å². The van der Waals surface area contributed by atoms with E-state index in [-0.39, 0.29) is 0 Å². The minimum Gasteiger partial charge on any atom is -0.359 e. The number of anilines is 2. The Morgan fingerprint density at radius 2 is 1.63 bits per heavy atom. The molecule has 1 aliphatic heterocycles. The molecule has 0 aromatic heterocycles. The highest BCUT2D eigenvalue weighted by atomic mass is 32.2.